The van der Waals surface area contributed by atoms with Crippen molar-refractivity contribution >= 4 is 23.0 Å². The summed E-state index contributed by atoms with van der Waals surface area (Å²) < 4.78 is 15.0. The molecular weight excluding hydrogens is 350 g/mol. The van der Waals surface area contributed by atoms with Crippen LogP contribution in [0.25, 0.3) is 10.7 Å². The predicted octanol–water partition coefficient (Wildman–Crippen LogP) is 3.07. The van der Waals surface area contributed by atoms with Crippen LogP contribution in [0.15, 0.2) is 40.2 Å². The zero-order valence-electron chi connectivity index (χ0n) is 12.9. The SMILES string of the molecule is COc1ccc(C(=O)OCc2nc(-c3cccs3)no2)cc1[N+](=O)[O-]. The van der Waals surface area contributed by atoms with E-state index in [1.54, 1.807) is 0 Å². The number of thiophene rings is 1. The van der Waals surface area contributed by atoms with E-state index in [0.717, 1.165) is 10.9 Å². The van der Waals surface area contributed by atoms with Gasteiger partial charge in [0.15, 0.2) is 12.4 Å². The molecule has 0 aliphatic heterocycles. The molecule has 25 heavy (non-hydrogen) atoms. The van der Waals surface area contributed by atoms with Crippen molar-refractivity contribution in [2.45, 2.75) is 6.61 Å². The normalized spacial score (nSPS) is 10.4. The molecule has 2 heterocycles. The lowest BCUT2D eigenvalue weighted by atomic mass is 10.2. The average Bonchev–Trinajstić information content (AvgIpc) is 3.30. The third-order valence-corrected chi connectivity index (χ3v) is 4.01. The van der Waals surface area contributed by atoms with Crippen LogP contribution >= 0.6 is 11.3 Å². The van der Waals surface area contributed by atoms with E-state index >= 15 is 0 Å². The first-order chi connectivity index (χ1) is 12.1. The molecular formula is C15H11N3O6S. The van der Waals surface area contributed by atoms with Crippen molar-refractivity contribution in [3.05, 3.63) is 57.3 Å². The van der Waals surface area contributed by atoms with Crippen molar-refractivity contribution in [3.63, 3.8) is 0 Å². The van der Waals surface area contributed by atoms with E-state index < -0.39 is 10.9 Å². The minimum Gasteiger partial charge on any atom is -0.490 e. The molecule has 0 atom stereocenters. The molecule has 0 bridgehead atoms. The van der Waals surface area contributed by atoms with Crippen LogP contribution in [0.4, 0.5) is 5.69 Å². The summed E-state index contributed by atoms with van der Waals surface area (Å²) >= 11 is 1.45. The smallest absolute Gasteiger partial charge is 0.338 e. The third kappa shape index (κ3) is 3.63. The quantitative estimate of drug-likeness (QED) is 0.373. The highest BCUT2D eigenvalue weighted by Crippen LogP contribution is 2.28. The molecule has 0 saturated heterocycles. The lowest BCUT2D eigenvalue weighted by Crippen LogP contribution is -2.06. The van der Waals surface area contributed by atoms with Crippen LogP contribution in [-0.4, -0.2) is 28.1 Å². The largest absolute Gasteiger partial charge is 0.490 e. The van der Waals surface area contributed by atoms with Gasteiger partial charge >= 0.3 is 11.7 Å². The molecule has 0 aliphatic rings. The number of carbonyl (C=O) groups excluding carboxylic acids is 1. The number of nitrogens with zero attached hydrogens (tertiary/aromatic N) is 3. The molecule has 0 amide bonds. The number of hydrogen-bond donors (Lipinski definition) is 0. The zero-order chi connectivity index (χ0) is 17.8. The Kier molecular flexibility index (Phi) is 4.70. The molecule has 3 aromatic rings. The van der Waals surface area contributed by atoms with Crippen LogP contribution in [-0.2, 0) is 11.3 Å². The fourth-order valence-corrected chi connectivity index (χ4v) is 2.64. The van der Waals surface area contributed by atoms with Gasteiger partial charge in [0, 0.05) is 6.07 Å². The summed E-state index contributed by atoms with van der Waals surface area (Å²) in [5.41, 5.74) is -0.305. The zero-order valence-corrected chi connectivity index (χ0v) is 13.7. The Labute approximate surface area is 145 Å². The molecule has 128 valence electrons. The first kappa shape index (κ1) is 16.6. The lowest BCUT2D eigenvalue weighted by molar-refractivity contribution is -0.385. The van der Waals surface area contributed by atoms with Crippen LogP contribution in [0.5, 0.6) is 5.75 Å². The molecule has 9 nitrogen and oxygen atoms in total. The Hall–Kier alpha value is -3.27. The number of nitro benzene ring substituents is 1. The maximum atomic E-state index is 12.1. The Morgan fingerprint density at radius 1 is 1.40 bits per heavy atom. The number of methoxy groups -OCH3 is 1. The first-order valence-corrected chi connectivity index (χ1v) is 7.82. The van der Waals surface area contributed by atoms with Crippen molar-refractivity contribution < 1.29 is 23.7 Å². The molecule has 0 radical (unpaired) electrons. The molecule has 10 heteroatoms. The number of carbonyl (C=O) groups is 1. The second-order valence-electron chi connectivity index (χ2n) is 4.71. The molecule has 1 aromatic carbocycles. The van der Waals surface area contributed by atoms with Crippen LogP contribution in [0.1, 0.15) is 16.2 Å². The number of benzene rings is 1. The van der Waals surface area contributed by atoms with Crippen LogP contribution in [0.2, 0.25) is 0 Å². The van der Waals surface area contributed by atoms with Gasteiger partial charge in [0.05, 0.1) is 22.5 Å². The molecule has 0 fully saturated rings. The maximum absolute atomic E-state index is 12.1. The highest BCUT2D eigenvalue weighted by atomic mass is 32.1. The molecule has 0 saturated carbocycles. The fourth-order valence-electron chi connectivity index (χ4n) is 1.99. The first-order valence-electron chi connectivity index (χ1n) is 6.94. The second-order valence-corrected chi connectivity index (χ2v) is 5.66. The van der Waals surface area contributed by atoms with Crippen LogP contribution in [0.3, 0.4) is 0 Å². The number of nitro groups is 1. The Balaban J connectivity index is 1.69. The molecule has 0 spiro atoms. The molecule has 2 aromatic heterocycles. The van der Waals surface area contributed by atoms with Gasteiger partial charge < -0.3 is 14.0 Å². The van der Waals surface area contributed by atoms with Gasteiger partial charge in [0.1, 0.15) is 0 Å². The summed E-state index contributed by atoms with van der Waals surface area (Å²) in [7, 11) is 1.31. The van der Waals surface area contributed by atoms with E-state index in [9.17, 15) is 14.9 Å². The van der Waals surface area contributed by atoms with Gasteiger partial charge in [-0.1, -0.05) is 11.2 Å². The fraction of sp³-hybridized carbons (Fsp3) is 0.133. The topological polar surface area (TPSA) is 118 Å². The van der Waals surface area contributed by atoms with E-state index in [2.05, 4.69) is 10.1 Å². The van der Waals surface area contributed by atoms with E-state index in [0.29, 0.717) is 5.82 Å². The van der Waals surface area contributed by atoms with Crippen molar-refractivity contribution in [2.24, 2.45) is 0 Å². The van der Waals surface area contributed by atoms with Gasteiger partial charge in [-0.2, -0.15) is 4.98 Å². The van der Waals surface area contributed by atoms with Crippen molar-refractivity contribution in [2.75, 3.05) is 7.11 Å². The van der Waals surface area contributed by atoms with E-state index in [1.165, 1.54) is 30.6 Å². The Morgan fingerprint density at radius 2 is 2.24 bits per heavy atom. The average molecular weight is 361 g/mol. The monoisotopic (exact) mass is 361 g/mol. The summed E-state index contributed by atoms with van der Waals surface area (Å²) in [6, 6.07) is 7.48. The Bertz CT molecular complexity index is 906. The summed E-state index contributed by atoms with van der Waals surface area (Å²) in [5.74, 6) is -0.165. The molecule has 0 aliphatic carbocycles. The van der Waals surface area contributed by atoms with Gasteiger partial charge in [-0.15, -0.1) is 11.3 Å². The second kappa shape index (κ2) is 7.09. The van der Waals surface area contributed by atoms with Gasteiger partial charge in [-0.05, 0) is 23.6 Å². The number of hydrogen-bond acceptors (Lipinski definition) is 9. The van der Waals surface area contributed by atoms with Gasteiger partial charge in [-0.25, -0.2) is 4.79 Å². The minimum atomic E-state index is -0.748. The number of aromatic nitrogens is 2. The van der Waals surface area contributed by atoms with E-state index in [-0.39, 0.29) is 29.5 Å². The predicted molar refractivity (Wildman–Crippen MR) is 86.4 cm³/mol. The minimum absolute atomic E-state index is 0.0190. The van der Waals surface area contributed by atoms with Gasteiger partial charge in [-0.3, -0.25) is 10.1 Å². The third-order valence-electron chi connectivity index (χ3n) is 3.15. The van der Waals surface area contributed by atoms with Crippen LogP contribution in [0, 0.1) is 10.1 Å². The summed E-state index contributed by atoms with van der Waals surface area (Å²) in [4.78, 5) is 27.4. The standard InChI is InChI=1S/C15H11N3O6S/c1-22-11-5-4-9(7-10(11)18(20)21)15(19)23-8-13-16-14(17-24-13)12-3-2-6-25-12/h2-7H,8H2,1H3. The van der Waals surface area contributed by atoms with E-state index in [4.69, 9.17) is 14.0 Å². The highest BCUT2D eigenvalue weighted by molar-refractivity contribution is 7.13. The highest BCUT2D eigenvalue weighted by Gasteiger charge is 2.19. The van der Waals surface area contributed by atoms with Gasteiger partial charge in [0.2, 0.25) is 5.82 Å². The molecule has 0 unspecified atom stereocenters. The number of ether oxygens (including phenoxy) is 2. The van der Waals surface area contributed by atoms with Crippen LogP contribution < -0.4 is 4.74 Å². The maximum Gasteiger partial charge on any atom is 0.338 e. The lowest BCUT2D eigenvalue weighted by Gasteiger charge is -2.04. The summed E-state index contributed by atoms with van der Waals surface area (Å²) in [6.07, 6.45) is 0. The Morgan fingerprint density at radius 3 is 2.92 bits per heavy atom. The van der Waals surface area contributed by atoms with Crippen molar-refractivity contribution in [3.8, 4) is 16.5 Å². The van der Waals surface area contributed by atoms with Gasteiger partial charge in [0.25, 0.3) is 5.89 Å². The summed E-state index contributed by atoms with van der Waals surface area (Å²) in [5, 5.41) is 16.7. The molecule has 0 N–H and O–H groups in total. The number of rotatable bonds is 6. The number of esters is 1. The van der Waals surface area contributed by atoms with Crippen molar-refractivity contribution in [1.82, 2.24) is 10.1 Å². The van der Waals surface area contributed by atoms with Crippen molar-refractivity contribution in [1.29, 1.82) is 0 Å². The molecule has 3 rings (SSSR count). The summed E-state index contributed by atoms with van der Waals surface area (Å²) in [6.45, 7) is -0.239. The van der Waals surface area contributed by atoms with E-state index in [1.807, 2.05) is 17.5 Å².